The molecule has 0 aliphatic rings. The minimum absolute atomic E-state index is 0.345. The molecule has 1 rings (SSSR count). The van der Waals surface area contributed by atoms with Gasteiger partial charge in [0.15, 0.2) is 0 Å². The molecule has 0 fully saturated rings. The number of hydrogen-bond acceptors (Lipinski definition) is 4. The van der Waals surface area contributed by atoms with Crippen molar-refractivity contribution in [1.82, 2.24) is 5.32 Å². The van der Waals surface area contributed by atoms with E-state index < -0.39 is 40.9 Å². The Balaban J connectivity index is 3.01. The van der Waals surface area contributed by atoms with Crippen LogP contribution in [0, 0.1) is 17.2 Å². The lowest BCUT2D eigenvalue weighted by Gasteiger charge is -2.17. The zero-order chi connectivity index (χ0) is 19.2. The molecule has 6 nitrogen and oxygen atoms in total. The standard InChI is InChI=1S/C16H16F3N3O3/c1-9(2)13(15(24)25)21-8-10(7-20)14(23)22-12-6-4-3-5-11(12)16(17,18)19/h3-6,8-9,13,21H,1-2H3,(H,22,23)(H,24,25)/b10-8-. The Labute approximate surface area is 141 Å². The first-order valence-electron chi connectivity index (χ1n) is 7.14. The fraction of sp³-hybridized carbons (Fsp3) is 0.312. The van der Waals surface area contributed by atoms with E-state index in [1.165, 1.54) is 18.2 Å². The number of carbonyl (C=O) groups is 2. The number of amides is 1. The highest BCUT2D eigenvalue weighted by Crippen LogP contribution is 2.34. The predicted molar refractivity (Wildman–Crippen MR) is 83.2 cm³/mol. The van der Waals surface area contributed by atoms with Crippen LogP contribution >= 0.6 is 0 Å². The Morgan fingerprint density at radius 1 is 1.28 bits per heavy atom. The van der Waals surface area contributed by atoms with Gasteiger partial charge in [0.25, 0.3) is 5.91 Å². The third-order valence-corrected chi connectivity index (χ3v) is 3.19. The summed E-state index contributed by atoms with van der Waals surface area (Å²) in [7, 11) is 0. The average Bonchev–Trinajstić information content (AvgIpc) is 2.50. The first-order chi connectivity index (χ1) is 11.6. The number of carboxylic acids is 1. The van der Waals surface area contributed by atoms with Crippen LogP contribution in [0.2, 0.25) is 0 Å². The second kappa shape index (κ2) is 8.19. The van der Waals surface area contributed by atoms with Gasteiger partial charge in [-0.3, -0.25) is 4.79 Å². The number of halogens is 3. The largest absolute Gasteiger partial charge is 0.480 e. The number of aliphatic carboxylic acids is 1. The molecule has 1 unspecified atom stereocenters. The molecule has 25 heavy (non-hydrogen) atoms. The summed E-state index contributed by atoms with van der Waals surface area (Å²) < 4.78 is 38.7. The Bertz CT molecular complexity index is 721. The second-order valence-corrected chi connectivity index (χ2v) is 5.39. The maximum atomic E-state index is 12.9. The molecule has 0 saturated carbocycles. The average molecular weight is 355 g/mol. The number of nitrogens with one attached hydrogen (secondary N) is 2. The number of alkyl halides is 3. The number of nitrogens with zero attached hydrogens (tertiary/aromatic N) is 1. The van der Waals surface area contributed by atoms with Crippen molar-refractivity contribution in [3.05, 3.63) is 41.6 Å². The van der Waals surface area contributed by atoms with Crippen LogP contribution in [0.4, 0.5) is 18.9 Å². The molecular formula is C16H16F3N3O3. The van der Waals surface area contributed by atoms with E-state index in [2.05, 4.69) is 5.32 Å². The summed E-state index contributed by atoms with van der Waals surface area (Å²) in [6.07, 6.45) is -3.80. The van der Waals surface area contributed by atoms with Crippen LogP contribution in [0.25, 0.3) is 0 Å². The van der Waals surface area contributed by atoms with Crippen LogP contribution in [-0.2, 0) is 15.8 Å². The van der Waals surface area contributed by atoms with Crippen LogP contribution in [0.3, 0.4) is 0 Å². The summed E-state index contributed by atoms with van der Waals surface area (Å²) >= 11 is 0. The number of benzene rings is 1. The summed E-state index contributed by atoms with van der Waals surface area (Å²) in [6, 6.07) is 4.79. The van der Waals surface area contributed by atoms with Gasteiger partial charge in [0.2, 0.25) is 0 Å². The van der Waals surface area contributed by atoms with Crippen molar-refractivity contribution >= 4 is 17.6 Å². The van der Waals surface area contributed by atoms with Crippen LogP contribution < -0.4 is 10.6 Å². The zero-order valence-corrected chi connectivity index (χ0v) is 13.4. The second-order valence-electron chi connectivity index (χ2n) is 5.39. The van der Waals surface area contributed by atoms with Crippen molar-refractivity contribution < 1.29 is 27.9 Å². The van der Waals surface area contributed by atoms with Gasteiger partial charge in [-0.15, -0.1) is 0 Å². The van der Waals surface area contributed by atoms with E-state index in [9.17, 15) is 22.8 Å². The molecule has 0 saturated heterocycles. The smallest absolute Gasteiger partial charge is 0.418 e. The van der Waals surface area contributed by atoms with E-state index in [1.54, 1.807) is 13.8 Å². The molecule has 0 aliphatic carbocycles. The molecule has 1 atom stereocenters. The quantitative estimate of drug-likeness (QED) is 0.538. The van der Waals surface area contributed by atoms with Crippen molar-refractivity contribution in [2.24, 2.45) is 5.92 Å². The number of nitriles is 1. The third kappa shape index (κ3) is 5.53. The van der Waals surface area contributed by atoms with Gasteiger partial charge in [0.1, 0.15) is 17.7 Å². The van der Waals surface area contributed by atoms with Gasteiger partial charge in [0.05, 0.1) is 11.3 Å². The SMILES string of the molecule is CC(C)C(N/C=C(/C#N)C(=O)Nc1ccccc1C(F)(F)F)C(=O)O. The molecule has 0 heterocycles. The Morgan fingerprint density at radius 3 is 2.36 bits per heavy atom. The first kappa shape index (κ1) is 20.0. The maximum absolute atomic E-state index is 12.9. The molecule has 0 aliphatic heterocycles. The minimum atomic E-state index is -4.68. The lowest BCUT2D eigenvalue weighted by Crippen LogP contribution is -2.38. The van der Waals surface area contributed by atoms with Crippen molar-refractivity contribution in [2.75, 3.05) is 5.32 Å². The van der Waals surface area contributed by atoms with E-state index in [0.29, 0.717) is 0 Å². The van der Waals surface area contributed by atoms with Gasteiger partial charge in [-0.1, -0.05) is 26.0 Å². The number of rotatable bonds is 6. The summed E-state index contributed by atoms with van der Waals surface area (Å²) in [6.45, 7) is 3.23. The summed E-state index contributed by atoms with van der Waals surface area (Å²) in [5.74, 6) is -2.62. The van der Waals surface area contributed by atoms with Crippen molar-refractivity contribution in [3.63, 3.8) is 0 Å². The molecule has 3 N–H and O–H groups in total. The molecule has 0 aromatic heterocycles. The lowest BCUT2D eigenvalue weighted by atomic mass is 10.1. The minimum Gasteiger partial charge on any atom is -0.480 e. The predicted octanol–water partition coefficient (Wildman–Crippen LogP) is 2.75. The fourth-order valence-corrected chi connectivity index (χ4v) is 1.90. The Hall–Kier alpha value is -3.02. The van der Waals surface area contributed by atoms with E-state index in [4.69, 9.17) is 10.4 Å². The van der Waals surface area contributed by atoms with E-state index in [0.717, 1.165) is 18.3 Å². The molecule has 1 aromatic carbocycles. The van der Waals surface area contributed by atoms with Crippen molar-refractivity contribution in [3.8, 4) is 6.07 Å². The highest BCUT2D eigenvalue weighted by Gasteiger charge is 2.33. The van der Waals surface area contributed by atoms with Crippen LogP contribution in [0.1, 0.15) is 19.4 Å². The van der Waals surface area contributed by atoms with Gasteiger partial charge in [-0.05, 0) is 18.1 Å². The zero-order valence-electron chi connectivity index (χ0n) is 13.4. The Morgan fingerprint density at radius 2 is 1.88 bits per heavy atom. The molecule has 0 bridgehead atoms. The van der Waals surface area contributed by atoms with Gasteiger partial charge >= 0.3 is 12.1 Å². The van der Waals surface area contributed by atoms with E-state index >= 15 is 0 Å². The van der Waals surface area contributed by atoms with Gasteiger partial charge in [-0.25, -0.2) is 4.79 Å². The maximum Gasteiger partial charge on any atom is 0.418 e. The molecule has 9 heteroatoms. The van der Waals surface area contributed by atoms with Crippen molar-refractivity contribution in [1.29, 1.82) is 5.26 Å². The lowest BCUT2D eigenvalue weighted by molar-refractivity contribution is -0.140. The number of carbonyl (C=O) groups excluding carboxylic acids is 1. The normalized spacial score (nSPS) is 13.1. The summed E-state index contributed by atoms with van der Waals surface area (Å²) in [5.41, 5.74) is -2.11. The van der Waals surface area contributed by atoms with Gasteiger partial charge < -0.3 is 15.7 Å². The topological polar surface area (TPSA) is 102 Å². The number of anilines is 1. The Kier molecular flexibility index (Phi) is 6.56. The monoisotopic (exact) mass is 355 g/mol. The molecule has 1 aromatic rings. The van der Waals surface area contributed by atoms with Gasteiger partial charge in [-0.2, -0.15) is 18.4 Å². The van der Waals surface area contributed by atoms with Crippen LogP contribution in [-0.4, -0.2) is 23.0 Å². The fourth-order valence-electron chi connectivity index (χ4n) is 1.90. The van der Waals surface area contributed by atoms with E-state index in [-0.39, 0.29) is 5.92 Å². The van der Waals surface area contributed by atoms with Gasteiger partial charge in [0, 0.05) is 6.20 Å². The van der Waals surface area contributed by atoms with Crippen molar-refractivity contribution in [2.45, 2.75) is 26.1 Å². The summed E-state index contributed by atoms with van der Waals surface area (Å²) in [5, 5.41) is 22.5. The first-order valence-corrected chi connectivity index (χ1v) is 7.14. The highest BCUT2D eigenvalue weighted by atomic mass is 19.4. The molecule has 134 valence electrons. The third-order valence-electron chi connectivity index (χ3n) is 3.19. The van der Waals surface area contributed by atoms with Crippen LogP contribution in [0.15, 0.2) is 36.0 Å². The summed E-state index contributed by atoms with van der Waals surface area (Å²) in [4.78, 5) is 23.1. The molecular weight excluding hydrogens is 339 g/mol. The molecule has 0 radical (unpaired) electrons. The molecule has 1 amide bonds. The van der Waals surface area contributed by atoms with E-state index in [1.807, 2.05) is 5.32 Å². The molecule has 0 spiro atoms. The number of carboxylic acid groups (broad SMARTS) is 1. The highest BCUT2D eigenvalue weighted by molar-refractivity contribution is 6.06. The van der Waals surface area contributed by atoms with Crippen LogP contribution in [0.5, 0.6) is 0 Å². The number of hydrogen-bond donors (Lipinski definition) is 3. The number of para-hydroxylation sites is 1.